The molecule has 3 heterocycles. The molecule has 0 bridgehead atoms. The minimum absolute atomic E-state index is 0.171. The Morgan fingerprint density at radius 3 is 2.16 bits per heavy atom. The summed E-state index contributed by atoms with van der Waals surface area (Å²) in [7, 11) is 0. The lowest BCUT2D eigenvalue weighted by Gasteiger charge is -2.23. The number of allylic oxidation sites excluding steroid dienone is 7. The largest absolute Gasteiger partial charge is 0.310 e. The number of hydrogen-bond donors (Lipinski definition) is 0. The molecule has 0 spiro atoms. The molecule has 0 fully saturated rings. The number of aromatic nitrogens is 2. The molecule has 61 heavy (non-hydrogen) atoms. The van der Waals surface area contributed by atoms with Crippen molar-refractivity contribution < 1.29 is 0 Å². The smallest absolute Gasteiger partial charge is 0.0541 e. The van der Waals surface area contributed by atoms with Crippen molar-refractivity contribution in [3.05, 3.63) is 210 Å². The van der Waals surface area contributed by atoms with Gasteiger partial charge in [0.25, 0.3) is 0 Å². The molecule has 0 amide bonds. The Balaban J connectivity index is 0.883. The number of hydrogen-bond acceptors (Lipinski definition) is 1. The zero-order chi connectivity index (χ0) is 40.4. The summed E-state index contributed by atoms with van der Waals surface area (Å²) >= 11 is 1.94. The van der Waals surface area contributed by atoms with Crippen LogP contribution in [0, 0.1) is 0 Å². The molecule has 290 valence electrons. The lowest BCUT2D eigenvalue weighted by Crippen LogP contribution is -2.15. The molecule has 0 radical (unpaired) electrons. The van der Waals surface area contributed by atoms with E-state index in [9.17, 15) is 0 Å². The van der Waals surface area contributed by atoms with E-state index in [-0.39, 0.29) is 5.41 Å². The predicted molar refractivity (Wildman–Crippen MR) is 261 cm³/mol. The Bertz CT molecular complexity index is 3630. The fourth-order valence-corrected chi connectivity index (χ4v) is 12.2. The van der Waals surface area contributed by atoms with Crippen molar-refractivity contribution in [3.8, 4) is 27.9 Å². The third-order valence-corrected chi connectivity index (χ3v) is 15.1. The van der Waals surface area contributed by atoms with Crippen molar-refractivity contribution in [2.75, 3.05) is 0 Å². The maximum Gasteiger partial charge on any atom is 0.0541 e. The van der Waals surface area contributed by atoms with Gasteiger partial charge < -0.3 is 9.13 Å². The second-order valence-electron chi connectivity index (χ2n) is 17.6. The minimum Gasteiger partial charge on any atom is -0.310 e. The van der Waals surface area contributed by atoms with Crippen LogP contribution in [0.5, 0.6) is 0 Å². The topological polar surface area (TPSA) is 9.86 Å². The first-order valence-corrected chi connectivity index (χ1v) is 22.4. The molecule has 3 aromatic heterocycles. The van der Waals surface area contributed by atoms with Gasteiger partial charge in [0, 0.05) is 64.7 Å². The summed E-state index contributed by atoms with van der Waals surface area (Å²) in [6.45, 7) is 4.82. The van der Waals surface area contributed by atoms with Crippen molar-refractivity contribution in [2.45, 2.75) is 38.0 Å². The highest BCUT2D eigenvalue weighted by molar-refractivity contribution is 7.26. The molecule has 2 nitrogen and oxygen atoms in total. The third kappa shape index (κ3) is 5.08. The van der Waals surface area contributed by atoms with Gasteiger partial charge in [0.2, 0.25) is 0 Å². The Kier molecular flexibility index (Phi) is 7.45. The highest BCUT2D eigenvalue weighted by atomic mass is 32.1. The average molecular weight is 799 g/mol. The molecule has 7 aromatic carbocycles. The van der Waals surface area contributed by atoms with Crippen LogP contribution in [0.25, 0.3) is 92.6 Å². The molecular weight excluding hydrogens is 757 g/mol. The number of nitrogens with zero attached hydrogens (tertiary/aromatic N) is 2. The average Bonchev–Trinajstić information content (AvgIpc) is 3.94. The van der Waals surface area contributed by atoms with Gasteiger partial charge >= 0.3 is 0 Å². The minimum atomic E-state index is -0.171. The van der Waals surface area contributed by atoms with Gasteiger partial charge in [0.1, 0.15) is 0 Å². The maximum absolute atomic E-state index is 2.52. The van der Waals surface area contributed by atoms with Gasteiger partial charge in [-0.2, -0.15) is 0 Å². The van der Waals surface area contributed by atoms with Gasteiger partial charge in [-0.05, 0) is 124 Å². The van der Waals surface area contributed by atoms with E-state index in [0.717, 1.165) is 12.8 Å². The van der Waals surface area contributed by atoms with Gasteiger partial charge in [-0.25, -0.2) is 0 Å². The first-order chi connectivity index (χ1) is 30.0. The van der Waals surface area contributed by atoms with Crippen LogP contribution >= 0.6 is 11.3 Å². The highest BCUT2D eigenvalue weighted by Crippen LogP contribution is 2.51. The van der Waals surface area contributed by atoms with E-state index in [1.807, 2.05) is 11.3 Å². The Labute approximate surface area is 359 Å². The first-order valence-electron chi connectivity index (χ1n) is 21.6. The monoisotopic (exact) mass is 798 g/mol. The van der Waals surface area contributed by atoms with Crippen LogP contribution in [0.4, 0.5) is 0 Å². The molecule has 0 unspecified atom stereocenters. The zero-order valence-corrected chi connectivity index (χ0v) is 35.0. The van der Waals surface area contributed by atoms with Crippen LogP contribution < -0.4 is 0 Å². The predicted octanol–water partition coefficient (Wildman–Crippen LogP) is 15.8. The van der Waals surface area contributed by atoms with E-state index in [2.05, 4.69) is 211 Å². The van der Waals surface area contributed by atoms with Crippen LogP contribution in [0.1, 0.15) is 54.1 Å². The zero-order valence-electron chi connectivity index (χ0n) is 34.2. The number of para-hydroxylation sites is 2. The van der Waals surface area contributed by atoms with E-state index in [1.54, 1.807) is 0 Å². The van der Waals surface area contributed by atoms with Crippen molar-refractivity contribution >= 4 is 76.0 Å². The van der Waals surface area contributed by atoms with Gasteiger partial charge in [-0.15, -0.1) is 11.3 Å². The highest BCUT2D eigenvalue weighted by Gasteiger charge is 2.36. The first kappa shape index (κ1) is 34.9. The summed E-state index contributed by atoms with van der Waals surface area (Å²) in [5.74, 6) is 0.318. The second-order valence-corrected chi connectivity index (χ2v) is 18.6. The summed E-state index contributed by atoms with van der Waals surface area (Å²) in [6, 6.07) is 55.0. The van der Waals surface area contributed by atoms with Gasteiger partial charge in [0.05, 0.1) is 16.6 Å². The molecule has 0 saturated carbocycles. The molecule has 1 atom stereocenters. The molecule has 13 rings (SSSR count). The molecule has 0 N–H and O–H groups in total. The molecule has 10 aromatic rings. The summed E-state index contributed by atoms with van der Waals surface area (Å²) < 4.78 is 7.71. The standard InChI is InChI=1S/C58H42N2S/c1-58(2)50-34-37(36-25-30-54-48(32-36)44-16-7-10-21-52(44)59(54)39-14-5-3-4-6-15-39)24-28-42(50)43-29-27-40(35-51(43)58)60-53-22-11-8-17-45(53)49-33-38(26-31-55(49)60)41-19-13-20-47-46-18-9-12-23-56(46)61-57(41)47/h3,5-32,34-35,38H,4,33H2,1-2H3/t38-/m0/s1. The summed E-state index contributed by atoms with van der Waals surface area (Å²) in [6.07, 6.45) is 17.9. The molecule has 3 aliphatic rings. The molecular formula is C58H42N2S. The van der Waals surface area contributed by atoms with Crippen LogP contribution in [-0.2, 0) is 11.8 Å². The van der Waals surface area contributed by atoms with Gasteiger partial charge in [0.15, 0.2) is 0 Å². The Morgan fingerprint density at radius 2 is 1.28 bits per heavy atom. The van der Waals surface area contributed by atoms with Crippen molar-refractivity contribution in [3.63, 3.8) is 0 Å². The van der Waals surface area contributed by atoms with E-state index < -0.39 is 0 Å². The number of rotatable bonds is 4. The van der Waals surface area contributed by atoms with E-state index in [4.69, 9.17) is 0 Å². The quantitative estimate of drug-likeness (QED) is 0.168. The van der Waals surface area contributed by atoms with Crippen LogP contribution in [0.3, 0.4) is 0 Å². The van der Waals surface area contributed by atoms with Crippen molar-refractivity contribution in [2.24, 2.45) is 0 Å². The molecule has 0 saturated heterocycles. The fourth-order valence-electron chi connectivity index (χ4n) is 11.0. The van der Waals surface area contributed by atoms with E-state index in [1.165, 1.54) is 114 Å². The van der Waals surface area contributed by atoms with Crippen LogP contribution in [0.2, 0.25) is 0 Å². The SMILES string of the molecule is CC1(C)c2cc(-c3ccc4c(c3)c3ccccc3n4C3=CC=CCC=C3)ccc2-c2ccc(-n3c4c(c5ccccc53)C[C@@H](c3cccc5c3sc3ccccc35)C=C4)cc21. The van der Waals surface area contributed by atoms with Crippen LogP contribution in [-0.4, -0.2) is 9.13 Å². The number of thiophene rings is 1. The maximum atomic E-state index is 2.52. The summed E-state index contributed by atoms with van der Waals surface area (Å²) in [5.41, 5.74) is 18.1. The fraction of sp³-hybridized carbons (Fsp3) is 0.103. The number of benzene rings is 7. The normalized spacial score (nSPS) is 16.4. The summed E-state index contributed by atoms with van der Waals surface area (Å²) in [4.78, 5) is 0. The van der Waals surface area contributed by atoms with Crippen molar-refractivity contribution in [1.29, 1.82) is 0 Å². The van der Waals surface area contributed by atoms with E-state index in [0.29, 0.717) is 5.92 Å². The van der Waals surface area contributed by atoms with Crippen LogP contribution in [0.15, 0.2) is 182 Å². The Hall–Kier alpha value is -6.94. The lowest BCUT2D eigenvalue weighted by atomic mass is 9.81. The van der Waals surface area contributed by atoms with Crippen molar-refractivity contribution in [1.82, 2.24) is 9.13 Å². The number of fused-ring (bicyclic) bond motifs is 12. The van der Waals surface area contributed by atoms with Gasteiger partial charge in [-0.3, -0.25) is 0 Å². The van der Waals surface area contributed by atoms with E-state index >= 15 is 0 Å². The Morgan fingerprint density at radius 1 is 0.574 bits per heavy atom. The third-order valence-electron chi connectivity index (χ3n) is 13.9. The van der Waals surface area contributed by atoms with Gasteiger partial charge in [-0.1, -0.05) is 135 Å². The molecule has 3 heteroatoms. The lowest BCUT2D eigenvalue weighted by molar-refractivity contribution is 0.660. The molecule has 3 aliphatic carbocycles. The molecule has 0 aliphatic heterocycles. The summed E-state index contributed by atoms with van der Waals surface area (Å²) in [5, 5.41) is 6.64. The second kappa shape index (κ2) is 13.0.